The summed E-state index contributed by atoms with van der Waals surface area (Å²) < 4.78 is 49.3. The summed E-state index contributed by atoms with van der Waals surface area (Å²) >= 11 is 5.63. The number of hydrogen-bond donors (Lipinski definition) is 0. The van der Waals surface area contributed by atoms with Crippen LogP contribution in [0.4, 0.5) is 17.6 Å². The van der Waals surface area contributed by atoms with E-state index in [1.54, 1.807) is 0 Å². The molecule has 0 fully saturated rings. The summed E-state index contributed by atoms with van der Waals surface area (Å²) in [6.07, 6.45) is -4.29. The van der Waals surface area contributed by atoms with Crippen LogP contribution in [0, 0.1) is 5.82 Å². The largest absolute Gasteiger partial charge is 0.401 e. The summed E-state index contributed by atoms with van der Waals surface area (Å²) in [5.41, 5.74) is 0.152. The maximum Gasteiger partial charge on any atom is 0.401 e. The second-order valence-corrected chi connectivity index (χ2v) is 3.96. The lowest BCUT2D eigenvalue weighted by Crippen LogP contribution is -2.30. The van der Waals surface area contributed by atoms with E-state index in [0.29, 0.717) is 5.02 Å². The minimum Gasteiger partial charge on any atom is -0.294 e. The third-order valence-electron chi connectivity index (χ3n) is 1.90. The normalized spacial score (nSPS) is 12.2. The van der Waals surface area contributed by atoms with Gasteiger partial charge in [-0.1, -0.05) is 11.6 Å². The number of nitrogens with zero attached hydrogens (tertiary/aromatic N) is 1. The molecule has 0 bridgehead atoms. The first-order chi connectivity index (χ1) is 7.28. The highest BCUT2D eigenvalue weighted by molar-refractivity contribution is 6.30. The minimum absolute atomic E-state index is 0.133. The zero-order chi connectivity index (χ0) is 12.3. The molecule has 0 amide bonds. The van der Waals surface area contributed by atoms with Crippen molar-refractivity contribution in [1.82, 2.24) is 4.90 Å². The molecule has 0 atom stereocenters. The van der Waals surface area contributed by atoms with Crippen LogP contribution in [0.1, 0.15) is 5.56 Å². The van der Waals surface area contributed by atoms with Crippen LogP contribution >= 0.6 is 11.6 Å². The van der Waals surface area contributed by atoms with Gasteiger partial charge in [0.05, 0.1) is 6.54 Å². The monoisotopic (exact) mass is 255 g/mol. The molecular weight excluding hydrogens is 246 g/mol. The molecular formula is C10H10ClF4N. The number of halogens is 5. The molecule has 6 heteroatoms. The standard InChI is InChI=1S/C10H10ClF4N/c1-16(6-10(13,14)15)5-7-4-8(11)2-3-9(7)12/h2-4H,5-6H2,1H3. The molecule has 0 aliphatic carbocycles. The molecule has 0 aromatic heterocycles. The van der Waals surface area contributed by atoms with Gasteiger partial charge in [-0.25, -0.2) is 4.39 Å². The highest BCUT2D eigenvalue weighted by Crippen LogP contribution is 2.19. The van der Waals surface area contributed by atoms with Crippen LogP contribution in [-0.2, 0) is 6.54 Å². The van der Waals surface area contributed by atoms with Gasteiger partial charge in [0.25, 0.3) is 0 Å². The molecule has 0 heterocycles. The summed E-state index contributed by atoms with van der Waals surface area (Å²) in [5.74, 6) is -0.557. The molecule has 0 N–H and O–H groups in total. The highest BCUT2D eigenvalue weighted by Gasteiger charge is 2.29. The lowest BCUT2D eigenvalue weighted by Gasteiger charge is -2.18. The molecule has 90 valence electrons. The lowest BCUT2D eigenvalue weighted by atomic mass is 10.2. The SMILES string of the molecule is CN(Cc1cc(Cl)ccc1F)CC(F)(F)F. The Morgan fingerprint density at radius 2 is 1.94 bits per heavy atom. The van der Waals surface area contributed by atoms with Crippen molar-refractivity contribution < 1.29 is 17.6 Å². The van der Waals surface area contributed by atoms with Gasteiger partial charge in [-0.2, -0.15) is 13.2 Å². The second kappa shape index (κ2) is 5.01. The third-order valence-corrected chi connectivity index (χ3v) is 2.13. The maximum absolute atomic E-state index is 13.2. The Bertz CT molecular complexity index is 364. The molecule has 1 rings (SSSR count). The van der Waals surface area contributed by atoms with E-state index < -0.39 is 18.5 Å². The van der Waals surface area contributed by atoms with E-state index in [4.69, 9.17) is 11.6 Å². The van der Waals surface area contributed by atoms with Gasteiger partial charge in [-0.05, 0) is 25.2 Å². The molecule has 1 aromatic carbocycles. The van der Waals surface area contributed by atoms with E-state index >= 15 is 0 Å². The summed E-state index contributed by atoms with van der Waals surface area (Å²) in [7, 11) is 1.27. The highest BCUT2D eigenvalue weighted by atomic mass is 35.5. The van der Waals surface area contributed by atoms with Crippen LogP contribution in [0.2, 0.25) is 5.02 Å². The Morgan fingerprint density at radius 3 is 2.50 bits per heavy atom. The number of rotatable bonds is 3. The molecule has 0 saturated heterocycles. The number of alkyl halides is 3. The first kappa shape index (κ1) is 13.3. The molecule has 0 saturated carbocycles. The molecule has 1 nitrogen and oxygen atoms in total. The molecule has 0 radical (unpaired) electrons. The predicted octanol–water partition coefficient (Wildman–Crippen LogP) is 3.47. The molecule has 0 aliphatic heterocycles. The number of benzene rings is 1. The predicted molar refractivity (Wildman–Crippen MR) is 53.8 cm³/mol. The topological polar surface area (TPSA) is 3.24 Å². The van der Waals surface area contributed by atoms with Crippen molar-refractivity contribution in [3.05, 3.63) is 34.6 Å². The van der Waals surface area contributed by atoms with Crippen molar-refractivity contribution in [3.63, 3.8) is 0 Å². The Morgan fingerprint density at radius 1 is 1.31 bits per heavy atom. The summed E-state index contributed by atoms with van der Waals surface area (Å²) in [6, 6.07) is 3.81. The van der Waals surface area contributed by atoms with E-state index in [0.717, 1.165) is 11.0 Å². The van der Waals surface area contributed by atoms with Crippen LogP contribution in [0.5, 0.6) is 0 Å². The second-order valence-electron chi connectivity index (χ2n) is 3.52. The van der Waals surface area contributed by atoms with E-state index in [1.165, 1.54) is 19.2 Å². The Labute approximate surface area is 95.6 Å². The van der Waals surface area contributed by atoms with Crippen LogP contribution < -0.4 is 0 Å². The third kappa shape index (κ3) is 4.37. The van der Waals surface area contributed by atoms with E-state index in [9.17, 15) is 17.6 Å². The fraction of sp³-hybridized carbons (Fsp3) is 0.400. The Balaban J connectivity index is 2.69. The first-order valence-electron chi connectivity index (χ1n) is 4.47. The van der Waals surface area contributed by atoms with Crippen LogP contribution in [-0.4, -0.2) is 24.7 Å². The van der Waals surface area contributed by atoms with E-state index in [2.05, 4.69) is 0 Å². The van der Waals surface area contributed by atoms with Crippen molar-refractivity contribution in [2.24, 2.45) is 0 Å². The maximum atomic E-state index is 13.2. The van der Waals surface area contributed by atoms with Crippen molar-refractivity contribution in [3.8, 4) is 0 Å². The zero-order valence-electron chi connectivity index (χ0n) is 8.48. The van der Waals surface area contributed by atoms with Crippen molar-refractivity contribution in [2.45, 2.75) is 12.7 Å². The average Bonchev–Trinajstić information content (AvgIpc) is 2.08. The van der Waals surface area contributed by atoms with Crippen LogP contribution in [0.3, 0.4) is 0 Å². The first-order valence-corrected chi connectivity index (χ1v) is 4.85. The Kier molecular flexibility index (Phi) is 4.15. The zero-order valence-corrected chi connectivity index (χ0v) is 9.24. The van der Waals surface area contributed by atoms with Crippen molar-refractivity contribution in [1.29, 1.82) is 0 Å². The average molecular weight is 256 g/mol. The quantitative estimate of drug-likeness (QED) is 0.748. The summed E-state index contributed by atoms with van der Waals surface area (Å²) in [5, 5.41) is 0.303. The summed E-state index contributed by atoms with van der Waals surface area (Å²) in [4.78, 5) is 0.981. The van der Waals surface area contributed by atoms with Crippen LogP contribution in [0.25, 0.3) is 0 Å². The molecule has 16 heavy (non-hydrogen) atoms. The molecule has 0 spiro atoms. The van der Waals surface area contributed by atoms with Crippen LogP contribution in [0.15, 0.2) is 18.2 Å². The van der Waals surface area contributed by atoms with Gasteiger partial charge >= 0.3 is 6.18 Å². The van der Waals surface area contributed by atoms with Gasteiger partial charge in [0.2, 0.25) is 0 Å². The fourth-order valence-corrected chi connectivity index (χ4v) is 1.51. The molecule has 0 aliphatic rings. The fourth-order valence-electron chi connectivity index (χ4n) is 1.32. The molecule has 0 unspecified atom stereocenters. The van der Waals surface area contributed by atoms with Crippen molar-refractivity contribution >= 4 is 11.6 Å². The Hall–Kier alpha value is -0.810. The van der Waals surface area contributed by atoms with Crippen molar-refractivity contribution in [2.75, 3.05) is 13.6 Å². The summed E-state index contributed by atoms with van der Waals surface area (Å²) in [6.45, 7) is -1.22. The van der Waals surface area contributed by atoms with Gasteiger partial charge in [-0.15, -0.1) is 0 Å². The van der Waals surface area contributed by atoms with E-state index in [-0.39, 0.29) is 12.1 Å². The molecule has 1 aromatic rings. The van der Waals surface area contributed by atoms with Gasteiger partial charge in [0.1, 0.15) is 5.82 Å². The smallest absolute Gasteiger partial charge is 0.294 e. The van der Waals surface area contributed by atoms with Gasteiger partial charge in [0.15, 0.2) is 0 Å². The lowest BCUT2D eigenvalue weighted by molar-refractivity contribution is -0.144. The number of hydrogen-bond acceptors (Lipinski definition) is 1. The van der Waals surface area contributed by atoms with Gasteiger partial charge in [-0.3, -0.25) is 4.90 Å². The van der Waals surface area contributed by atoms with Gasteiger partial charge in [0, 0.05) is 17.1 Å². The minimum atomic E-state index is -4.29. The van der Waals surface area contributed by atoms with Gasteiger partial charge < -0.3 is 0 Å². The van der Waals surface area contributed by atoms with E-state index in [1.807, 2.05) is 0 Å².